The number of hydrogen-bond acceptors (Lipinski definition) is 3. The van der Waals surface area contributed by atoms with Crippen LogP contribution in [0.25, 0.3) is 0 Å². The average molecular weight is 451 g/mol. The van der Waals surface area contributed by atoms with Crippen molar-refractivity contribution in [2.45, 2.75) is 52.7 Å². The van der Waals surface area contributed by atoms with E-state index in [9.17, 15) is 9.59 Å². The first-order chi connectivity index (χ1) is 14.2. The minimum absolute atomic E-state index is 0.0360. The summed E-state index contributed by atoms with van der Waals surface area (Å²) in [6, 6.07) is 11.9. The lowest BCUT2D eigenvalue weighted by atomic mass is 10.1. The number of nitrogens with one attached hydrogen (secondary N) is 1. The van der Waals surface area contributed by atoms with E-state index < -0.39 is 6.04 Å². The Morgan fingerprint density at radius 1 is 1.13 bits per heavy atom. The predicted molar refractivity (Wildman–Crippen MR) is 121 cm³/mol. The van der Waals surface area contributed by atoms with Crippen LogP contribution in [-0.2, 0) is 16.1 Å². The molecule has 0 radical (unpaired) electrons. The van der Waals surface area contributed by atoms with Gasteiger partial charge < -0.3 is 15.0 Å². The molecule has 0 heterocycles. The first kappa shape index (κ1) is 24.0. The van der Waals surface area contributed by atoms with Crippen molar-refractivity contribution in [2.24, 2.45) is 0 Å². The van der Waals surface area contributed by atoms with Crippen molar-refractivity contribution in [3.05, 3.63) is 63.6 Å². The summed E-state index contributed by atoms with van der Waals surface area (Å²) in [7, 11) is 0. The average Bonchev–Trinajstić information content (AvgIpc) is 2.67. The van der Waals surface area contributed by atoms with Crippen LogP contribution in [0.3, 0.4) is 0 Å². The third kappa shape index (κ3) is 6.92. The summed E-state index contributed by atoms with van der Waals surface area (Å²) >= 11 is 12.3. The molecule has 2 aromatic carbocycles. The van der Waals surface area contributed by atoms with Crippen molar-refractivity contribution < 1.29 is 14.3 Å². The lowest BCUT2D eigenvalue weighted by Crippen LogP contribution is -2.51. The number of rotatable bonds is 9. The third-order valence-electron chi connectivity index (χ3n) is 4.52. The highest BCUT2D eigenvalue weighted by molar-refractivity contribution is 6.35. The molecule has 0 saturated carbocycles. The quantitative estimate of drug-likeness (QED) is 0.583. The Morgan fingerprint density at radius 2 is 1.87 bits per heavy atom. The van der Waals surface area contributed by atoms with Crippen LogP contribution >= 0.6 is 23.2 Å². The first-order valence-electron chi connectivity index (χ1n) is 9.94. The van der Waals surface area contributed by atoms with E-state index in [0.717, 1.165) is 5.56 Å². The van der Waals surface area contributed by atoms with Crippen molar-refractivity contribution in [3.8, 4) is 5.75 Å². The SMILES string of the molecule is CCC(C(=O)NC(C)C)N(Cc1ccc(Cl)cc1Cl)C(=O)COc1cccc(C)c1. The van der Waals surface area contributed by atoms with Gasteiger partial charge in [0.2, 0.25) is 5.91 Å². The molecule has 5 nitrogen and oxygen atoms in total. The molecular formula is C23H28Cl2N2O3. The Bertz CT molecular complexity index is 887. The summed E-state index contributed by atoms with van der Waals surface area (Å²) in [5.41, 5.74) is 1.74. The van der Waals surface area contributed by atoms with E-state index in [4.69, 9.17) is 27.9 Å². The van der Waals surface area contributed by atoms with Crippen LogP contribution in [0.5, 0.6) is 5.75 Å². The molecular weight excluding hydrogens is 423 g/mol. The fourth-order valence-electron chi connectivity index (χ4n) is 3.07. The summed E-state index contributed by atoms with van der Waals surface area (Å²) in [5.74, 6) is 0.0993. The zero-order valence-corrected chi connectivity index (χ0v) is 19.3. The second-order valence-corrected chi connectivity index (χ2v) is 8.29. The Morgan fingerprint density at radius 3 is 2.47 bits per heavy atom. The largest absolute Gasteiger partial charge is 0.484 e. The molecule has 0 spiro atoms. The van der Waals surface area contributed by atoms with Crippen LogP contribution in [0.15, 0.2) is 42.5 Å². The molecule has 0 bridgehead atoms. The molecule has 1 unspecified atom stereocenters. The lowest BCUT2D eigenvalue weighted by Gasteiger charge is -2.31. The minimum Gasteiger partial charge on any atom is -0.484 e. The van der Waals surface area contributed by atoms with Crippen molar-refractivity contribution >= 4 is 35.0 Å². The number of hydrogen-bond donors (Lipinski definition) is 1. The van der Waals surface area contributed by atoms with Gasteiger partial charge in [0.05, 0.1) is 0 Å². The van der Waals surface area contributed by atoms with Gasteiger partial charge in [0.15, 0.2) is 6.61 Å². The number of ether oxygens (including phenoxy) is 1. The number of carbonyl (C=O) groups is 2. The van der Waals surface area contributed by atoms with E-state index in [-0.39, 0.29) is 31.0 Å². The van der Waals surface area contributed by atoms with Crippen LogP contribution in [0, 0.1) is 6.92 Å². The van der Waals surface area contributed by atoms with Crippen LogP contribution in [-0.4, -0.2) is 35.4 Å². The number of carbonyl (C=O) groups excluding carboxylic acids is 2. The van der Waals surface area contributed by atoms with Crippen LogP contribution in [0.4, 0.5) is 0 Å². The van der Waals surface area contributed by atoms with Gasteiger partial charge in [-0.15, -0.1) is 0 Å². The maximum absolute atomic E-state index is 13.1. The molecule has 2 amide bonds. The zero-order chi connectivity index (χ0) is 22.3. The normalized spacial score (nSPS) is 11.8. The zero-order valence-electron chi connectivity index (χ0n) is 17.7. The van der Waals surface area contributed by atoms with E-state index in [2.05, 4.69) is 5.32 Å². The van der Waals surface area contributed by atoms with Crippen LogP contribution in [0.1, 0.15) is 38.3 Å². The van der Waals surface area contributed by atoms with E-state index in [0.29, 0.717) is 27.8 Å². The van der Waals surface area contributed by atoms with Gasteiger partial charge >= 0.3 is 0 Å². The maximum atomic E-state index is 13.1. The van der Waals surface area contributed by atoms with E-state index in [1.54, 1.807) is 24.3 Å². The van der Waals surface area contributed by atoms with Crippen LogP contribution in [0.2, 0.25) is 10.0 Å². The van der Waals surface area contributed by atoms with Gasteiger partial charge in [0.25, 0.3) is 5.91 Å². The third-order valence-corrected chi connectivity index (χ3v) is 5.11. The Balaban J connectivity index is 2.25. The van der Waals surface area contributed by atoms with E-state index in [1.165, 1.54) is 4.90 Å². The number of amides is 2. The Kier molecular flexibility index (Phi) is 9.00. The second-order valence-electron chi connectivity index (χ2n) is 7.45. The molecule has 0 aliphatic heterocycles. The number of aryl methyl sites for hydroxylation is 1. The molecule has 0 aliphatic rings. The monoisotopic (exact) mass is 450 g/mol. The van der Waals surface area contributed by atoms with Crippen molar-refractivity contribution in [2.75, 3.05) is 6.61 Å². The molecule has 30 heavy (non-hydrogen) atoms. The number of benzene rings is 2. The van der Waals surface area contributed by atoms with Crippen molar-refractivity contribution in [1.82, 2.24) is 10.2 Å². The molecule has 1 N–H and O–H groups in total. The molecule has 1 atom stereocenters. The first-order valence-corrected chi connectivity index (χ1v) is 10.7. The predicted octanol–water partition coefficient (Wildman–Crippen LogP) is 5.01. The fourth-order valence-corrected chi connectivity index (χ4v) is 3.54. The summed E-state index contributed by atoms with van der Waals surface area (Å²) in [4.78, 5) is 27.4. The number of nitrogens with zero attached hydrogens (tertiary/aromatic N) is 1. The Labute approximate surface area is 188 Å². The van der Waals surface area contributed by atoms with E-state index >= 15 is 0 Å². The topological polar surface area (TPSA) is 58.6 Å². The molecule has 0 aromatic heterocycles. The number of halogens is 2. The second kappa shape index (κ2) is 11.2. The van der Waals surface area contributed by atoms with Gasteiger partial charge in [-0.05, 0) is 62.6 Å². The highest BCUT2D eigenvalue weighted by Gasteiger charge is 2.29. The highest BCUT2D eigenvalue weighted by atomic mass is 35.5. The smallest absolute Gasteiger partial charge is 0.261 e. The molecule has 2 aromatic rings. The summed E-state index contributed by atoms with van der Waals surface area (Å²) in [6.45, 7) is 7.58. The lowest BCUT2D eigenvalue weighted by molar-refractivity contribution is -0.143. The van der Waals surface area contributed by atoms with Gasteiger partial charge in [-0.2, -0.15) is 0 Å². The molecule has 162 valence electrons. The molecule has 7 heteroatoms. The Hall–Kier alpha value is -2.24. The standard InChI is InChI=1S/C23H28Cl2N2O3/c1-5-21(23(29)26-15(2)3)27(13-17-9-10-18(24)12-20(17)25)22(28)14-30-19-8-6-7-16(4)11-19/h6-12,15,21H,5,13-14H2,1-4H3,(H,26,29). The molecule has 0 fully saturated rings. The summed E-state index contributed by atoms with van der Waals surface area (Å²) in [5, 5.41) is 3.84. The molecule has 2 rings (SSSR count). The summed E-state index contributed by atoms with van der Waals surface area (Å²) < 4.78 is 5.70. The molecule has 0 saturated heterocycles. The van der Waals surface area contributed by atoms with Gasteiger partial charge in [0.1, 0.15) is 11.8 Å². The van der Waals surface area contributed by atoms with Gasteiger partial charge in [-0.3, -0.25) is 9.59 Å². The van der Waals surface area contributed by atoms with Gasteiger partial charge in [-0.25, -0.2) is 0 Å². The van der Waals surface area contributed by atoms with Gasteiger partial charge in [-0.1, -0.05) is 48.3 Å². The van der Waals surface area contributed by atoms with Gasteiger partial charge in [0, 0.05) is 22.6 Å². The van der Waals surface area contributed by atoms with E-state index in [1.807, 2.05) is 45.9 Å². The van der Waals surface area contributed by atoms with Crippen molar-refractivity contribution in [3.63, 3.8) is 0 Å². The fraction of sp³-hybridized carbons (Fsp3) is 0.391. The minimum atomic E-state index is -0.646. The molecule has 0 aliphatic carbocycles. The maximum Gasteiger partial charge on any atom is 0.261 e. The highest BCUT2D eigenvalue weighted by Crippen LogP contribution is 2.24. The van der Waals surface area contributed by atoms with Crippen molar-refractivity contribution in [1.29, 1.82) is 0 Å². The van der Waals surface area contributed by atoms with Crippen LogP contribution < -0.4 is 10.1 Å². The summed E-state index contributed by atoms with van der Waals surface area (Å²) in [6.07, 6.45) is 0.458.